The van der Waals surface area contributed by atoms with E-state index in [-0.39, 0.29) is 23.5 Å². The Hall–Kier alpha value is -3.89. The predicted octanol–water partition coefficient (Wildman–Crippen LogP) is 2.14. The molecule has 10 heteroatoms. The number of amides is 1. The van der Waals surface area contributed by atoms with E-state index in [1.165, 1.54) is 11.8 Å². The third-order valence-electron chi connectivity index (χ3n) is 7.31. The number of nitrogens with zero attached hydrogens (tertiary/aromatic N) is 4. The summed E-state index contributed by atoms with van der Waals surface area (Å²) in [4.78, 5) is 58.6. The van der Waals surface area contributed by atoms with E-state index in [4.69, 9.17) is 4.74 Å². The van der Waals surface area contributed by atoms with Crippen LogP contribution in [0.1, 0.15) is 49.4 Å². The van der Waals surface area contributed by atoms with E-state index >= 15 is 0 Å². The normalized spacial score (nSPS) is 26.9. The monoisotopic (exact) mass is 474 g/mol. The molecule has 3 aliphatic rings. The number of ether oxygens (including phenoxy) is 1. The molecule has 0 bridgehead atoms. The van der Waals surface area contributed by atoms with Gasteiger partial charge in [-0.2, -0.15) is 0 Å². The second-order valence-corrected chi connectivity index (χ2v) is 9.68. The van der Waals surface area contributed by atoms with Gasteiger partial charge in [0.1, 0.15) is 11.6 Å². The summed E-state index contributed by atoms with van der Waals surface area (Å²) in [5, 5.41) is 12.3. The lowest BCUT2D eigenvalue weighted by atomic mass is 9.88. The Kier molecular flexibility index (Phi) is 4.22. The highest BCUT2D eigenvalue weighted by Crippen LogP contribution is 2.58. The summed E-state index contributed by atoms with van der Waals surface area (Å²) < 4.78 is 7.09. The minimum Gasteiger partial charge on any atom is -0.449 e. The van der Waals surface area contributed by atoms with Crippen LogP contribution in [0.4, 0.5) is 5.69 Å². The van der Waals surface area contributed by atoms with Gasteiger partial charge >= 0.3 is 5.97 Å². The molecular formula is C25H22N4O6. The maximum absolute atomic E-state index is 13.5. The fourth-order valence-electron chi connectivity index (χ4n) is 5.61. The van der Waals surface area contributed by atoms with Gasteiger partial charge < -0.3 is 9.94 Å². The molecular weight excluding hydrogens is 452 g/mol. The molecule has 3 aromatic rings. The van der Waals surface area contributed by atoms with Crippen molar-refractivity contribution in [2.24, 2.45) is 0 Å². The van der Waals surface area contributed by atoms with Crippen LogP contribution in [0.3, 0.4) is 0 Å². The third kappa shape index (κ3) is 2.58. The molecule has 3 atom stereocenters. The second-order valence-electron chi connectivity index (χ2n) is 9.68. The first-order chi connectivity index (χ1) is 16.6. The number of anilines is 1. The van der Waals surface area contributed by atoms with Crippen molar-refractivity contribution < 1.29 is 24.3 Å². The molecule has 2 aromatic carbocycles. The number of carbonyl (C=O) groups is 3. The lowest BCUT2D eigenvalue weighted by Crippen LogP contribution is -2.52. The molecule has 1 amide bonds. The Labute approximate surface area is 199 Å². The van der Waals surface area contributed by atoms with Crippen LogP contribution in [0, 0.1) is 0 Å². The number of fused-ring (bicyclic) bond motifs is 6. The number of ketones is 1. The average molecular weight is 474 g/mol. The number of Topliss-reactive ketones (excluding diaryl/α,β-unsaturated/α-hetero) is 1. The minimum absolute atomic E-state index is 0.0787. The van der Waals surface area contributed by atoms with Crippen molar-refractivity contribution in [3.63, 3.8) is 0 Å². The van der Waals surface area contributed by atoms with Crippen LogP contribution >= 0.6 is 0 Å². The van der Waals surface area contributed by atoms with E-state index in [1.54, 1.807) is 62.4 Å². The van der Waals surface area contributed by atoms with Gasteiger partial charge in [-0.05, 0) is 32.0 Å². The molecule has 178 valence electrons. The van der Waals surface area contributed by atoms with Crippen LogP contribution < -0.4 is 10.5 Å². The zero-order valence-corrected chi connectivity index (χ0v) is 19.3. The molecule has 2 fully saturated rings. The molecule has 2 saturated heterocycles. The Morgan fingerprint density at radius 2 is 1.77 bits per heavy atom. The maximum atomic E-state index is 13.5. The second kappa shape index (κ2) is 6.83. The third-order valence-corrected chi connectivity index (χ3v) is 7.31. The molecule has 35 heavy (non-hydrogen) atoms. The number of esters is 1. The van der Waals surface area contributed by atoms with Crippen LogP contribution in [0.25, 0.3) is 10.9 Å². The molecule has 1 aromatic heterocycles. The first kappa shape index (κ1) is 21.6. The van der Waals surface area contributed by atoms with Gasteiger partial charge in [-0.25, -0.2) is 9.78 Å². The van der Waals surface area contributed by atoms with Gasteiger partial charge in [0.15, 0.2) is 23.4 Å². The standard InChI is InChI=1S/C25H22N4O6/c1-13(30)19-26-16-10-6-4-8-14(16)20(31)27(19)18-12-25(35-21(18)32)15-9-5-7-11-17(15)28-22(25)29(34)24(2,3)23(28)33/h4-11,18,22,34H,12H2,1-3H3/t18-,22+,25+/m1/s1. The highest BCUT2D eigenvalue weighted by Gasteiger charge is 2.70. The zero-order chi connectivity index (χ0) is 24.9. The Balaban J connectivity index is 1.57. The summed E-state index contributed by atoms with van der Waals surface area (Å²) in [5.74, 6) is -1.72. The fourth-order valence-corrected chi connectivity index (χ4v) is 5.61. The number of para-hydroxylation sites is 2. The fraction of sp³-hybridized carbons (Fsp3) is 0.320. The molecule has 6 rings (SSSR count). The summed E-state index contributed by atoms with van der Waals surface area (Å²) in [6, 6.07) is 12.4. The molecule has 0 saturated carbocycles. The van der Waals surface area contributed by atoms with Crippen molar-refractivity contribution in [3.05, 3.63) is 70.3 Å². The average Bonchev–Trinajstić information content (AvgIpc) is 3.38. The molecule has 4 heterocycles. The van der Waals surface area contributed by atoms with Gasteiger partial charge in [-0.15, -0.1) is 5.06 Å². The van der Waals surface area contributed by atoms with Crippen molar-refractivity contribution in [2.75, 3.05) is 4.90 Å². The topological polar surface area (TPSA) is 122 Å². The first-order valence-corrected chi connectivity index (χ1v) is 11.3. The largest absolute Gasteiger partial charge is 0.449 e. The Morgan fingerprint density at radius 1 is 1.09 bits per heavy atom. The number of hydrogen-bond acceptors (Lipinski definition) is 8. The van der Waals surface area contributed by atoms with Gasteiger partial charge in [-0.1, -0.05) is 30.3 Å². The first-order valence-electron chi connectivity index (χ1n) is 11.3. The zero-order valence-electron chi connectivity index (χ0n) is 19.3. The van der Waals surface area contributed by atoms with Crippen LogP contribution in [-0.4, -0.2) is 49.2 Å². The van der Waals surface area contributed by atoms with Gasteiger partial charge in [-0.3, -0.25) is 23.9 Å². The van der Waals surface area contributed by atoms with Crippen molar-refractivity contribution in [1.82, 2.24) is 14.6 Å². The van der Waals surface area contributed by atoms with Crippen molar-refractivity contribution in [2.45, 2.75) is 50.5 Å². The van der Waals surface area contributed by atoms with E-state index in [9.17, 15) is 24.4 Å². The Bertz CT molecular complexity index is 1530. The van der Waals surface area contributed by atoms with Crippen LogP contribution in [0.5, 0.6) is 0 Å². The summed E-state index contributed by atoms with van der Waals surface area (Å²) in [5.41, 5.74) is -1.82. The van der Waals surface area contributed by atoms with Crippen molar-refractivity contribution in [3.8, 4) is 0 Å². The highest BCUT2D eigenvalue weighted by atomic mass is 16.6. The van der Waals surface area contributed by atoms with Gasteiger partial charge in [0.2, 0.25) is 0 Å². The highest BCUT2D eigenvalue weighted by molar-refractivity contribution is 6.05. The number of hydrogen-bond donors (Lipinski definition) is 1. The number of rotatable bonds is 2. The number of benzene rings is 2. The minimum atomic E-state index is -1.45. The molecule has 0 unspecified atom stereocenters. The van der Waals surface area contributed by atoms with Crippen LogP contribution in [-0.2, 0) is 19.9 Å². The number of carbonyl (C=O) groups excluding carboxylic acids is 3. The molecule has 1 spiro atoms. The van der Waals surface area contributed by atoms with E-state index in [0.717, 1.165) is 9.63 Å². The molecule has 3 aliphatic heterocycles. The lowest BCUT2D eigenvalue weighted by molar-refractivity contribution is -0.209. The van der Waals surface area contributed by atoms with E-state index in [1.807, 2.05) is 0 Å². The van der Waals surface area contributed by atoms with Crippen LogP contribution in [0.2, 0.25) is 0 Å². The van der Waals surface area contributed by atoms with E-state index in [2.05, 4.69) is 4.98 Å². The maximum Gasteiger partial charge on any atom is 0.330 e. The quantitative estimate of drug-likeness (QED) is 0.443. The smallest absolute Gasteiger partial charge is 0.330 e. The SMILES string of the molecule is CC(=O)c1nc2ccccc2c(=O)n1[C@@H]1C[C@]2(OC1=O)c1ccccc1N1C(=O)C(C)(C)N(O)[C@H]12. The summed E-state index contributed by atoms with van der Waals surface area (Å²) >= 11 is 0. The van der Waals surface area contributed by atoms with Gasteiger partial charge in [0.25, 0.3) is 11.5 Å². The predicted molar refractivity (Wildman–Crippen MR) is 123 cm³/mol. The Morgan fingerprint density at radius 3 is 2.51 bits per heavy atom. The van der Waals surface area contributed by atoms with Crippen molar-refractivity contribution >= 4 is 34.3 Å². The molecule has 10 nitrogen and oxygen atoms in total. The molecule has 0 aliphatic carbocycles. The number of aromatic nitrogens is 2. The summed E-state index contributed by atoms with van der Waals surface area (Å²) in [7, 11) is 0. The lowest BCUT2D eigenvalue weighted by Gasteiger charge is -2.35. The number of hydroxylamine groups is 2. The van der Waals surface area contributed by atoms with Gasteiger partial charge in [0, 0.05) is 18.9 Å². The molecule has 0 radical (unpaired) electrons. The van der Waals surface area contributed by atoms with Crippen molar-refractivity contribution in [1.29, 1.82) is 0 Å². The van der Waals surface area contributed by atoms with Crippen LogP contribution in [0.15, 0.2) is 53.3 Å². The van der Waals surface area contributed by atoms with E-state index in [0.29, 0.717) is 16.8 Å². The summed E-state index contributed by atoms with van der Waals surface area (Å²) in [6.45, 7) is 4.46. The van der Waals surface area contributed by atoms with Gasteiger partial charge in [0.05, 0.1) is 16.6 Å². The van der Waals surface area contributed by atoms with E-state index < -0.39 is 40.7 Å². The summed E-state index contributed by atoms with van der Waals surface area (Å²) in [6.07, 6.45) is -1.11. The molecule has 1 N–H and O–H groups in total.